The first-order valence-electron chi connectivity index (χ1n) is 7.51. The molecule has 0 radical (unpaired) electrons. The number of carbonyl (C=O) groups is 1. The van der Waals surface area contributed by atoms with Crippen LogP contribution in [-0.2, 0) is 0 Å². The van der Waals surface area contributed by atoms with Gasteiger partial charge >= 0.3 is 0 Å². The van der Waals surface area contributed by atoms with E-state index in [2.05, 4.69) is 0 Å². The first kappa shape index (κ1) is 17.2. The van der Waals surface area contributed by atoms with Gasteiger partial charge in [-0.05, 0) is 30.3 Å². The van der Waals surface area contributed by atoms with Crippen molar-refractivity contribution >= 4 is 11.6 Å². The Labute approximate surface area is 140 Å². The molecule has 132 valence electrons. The molecule has 1 amide bonds. The summed E-state index contributed by atoms with van der Waals surface area (Å²) in [6.45, 7) is 0.737. The van der Waals surface area contributed by atoms with Crippen LogP contribution in [0.3, 0.4) is 0 Å². The Bertz CT molecular complexity index is 819. The van der Waals surface area contributed by atoms with Gasteiger partial charge in [-0.3, -0.25) is 4.79 Å². The van der Waals surface area contributed by atoms with Crippen molar-refractivity contribution in [2.45, 2.75) is 0 Å². The summed E-state index contributed by atoms with van der Waals surface area (Å²) in [6.07, 6.45) is 0. The van der Waals surface area contributed by atoms with E-state index in [-0.39, 0.29) is 37.4 Å². The minimum Gasteiger partial charge on any atom is -0.366 e. The molecule has 8 heteroatoms. The van der Waals surface area contributed by atoms with E-state index in [0.717, 1.165) is 24.3 Å². The smallest absolute Gasteiger partial charge is 0.254 e. The molecule has 0 bridgehead atoms. The Kier molecular flexibility index (Phi) is 4.61. The van der Waals surface area contributed by atoms with Gasteiger partial charge in [0.2, 0.25) is 0 Å². The van der Waals surface area contributed by atoms with E-state index in [1.165, 1.54) is 15.9 Å². The second-order valence-electron chi connectivity index (χ2n) is 5.60. The highest BCUT2D eigenvalue weighted by Gasteiger charge is 2.25. The molecular weight excluding hydrogens is 343 g/mol. The Balaban J connectivity index is 1.70. The number of halogens is 5. The molecule has 1 aliphatic heterocycles. The highest BCUT2D eigenvalue weighted by Crippen LogP contribution is 2.25. The Morgan fingerprint density at radius 2 is 1.40 bits per heavy atom. The van der Waals surface area contributed by atoms with E-state index in [9.17, 15) is 26.7 Å². The molecule has 3 nitrogen and oxygen atoms in total. The van der Waals surface area contributed by atoms with Crippen molar-refractivity contribution in [2.24, 2.45) is 0 Å². The zero-order chi connectivity index (χ0) is 18.1. The van der Waals surface area contributed by atoms with Crippen molar-refractivity contribution in [1.29, 1.82) is 0 Å². The van der Waals surface area contributed by atoms with Crippen molar-refractivity contribution in [1.82, 2.24) is 4.90 Å². The number of piperazine rings is 1. The first-order chi connectivity index (χ1) is 11.9. The van der Waals surface area contributed by atoms with Gasteiger partial charge in [0.25, 0.3) is 5.91 Å². The van der Waals surface area contributed by atoms with Gasteiger partial charge in [-0.1, -0.05) is 0 Å². The molecule has 0 unspecified atom stereocenters. The molecule has 0 aromatic heterocycles. The highest BCUT2D eigenvalue weighted by molar-refractivity contribution is 5.94. The minimum absolute atomic E-state index is 0.00589. The Morgan fingerprint density at radius 3 is 2.04 bits per heavy atom. The Morgan fingerprint density at radius 1 is 0.760 bits per heavy atom. The SMILES string of the molecule is O=C(c1ccc(F)c(F)c1)N1CCN(c2ccc(F)c(F)c2F)CC1. The van der Waals surface area contributed by atoms with E-state index in [1.807, 2.05) is 0 Å². The summed E-state index contributed by atoms with van der Waals surface area (Å²) in [5.41, 5.74) is -0.0785. The average Bonchev–Trinajstić information content (AvgIpc) is 2.62. The summed E-state index contributed by atoms with van der Waals surface area (Å²) in [6, 6.07) is 4.85. The predicted molar refractivity (Wildman–Crippen MR) is 80.8 cm³/mol. The van der Waals surface area contributed by atoms with Gasteiger partial charge in [0, 0.05) is 31.7 Å². The number of hydrogen-bond acceptors (Lipinski definition) is 2. The monoisotopic (exact) mass is 356 g/mol. The normalized spacial score (nSPS) is 14.8. The topological polar surface area (TPSA) is 23.6 Å². The lowest BCUT2D eigenvalue weighted by Crippen LogP contribution is -2.49. The summed E-state index contributed by atoms with van der Waals surface area (Å²) >= 11 is 0. The van der Waals surface area contributed by atoms with Crippen molar-refractivity contribution in [3.05, 3.63) is 65.0 Å². The largest absolute Gasteiger partial charge is 0.366 e. The number of rotatable bonds is 2. The molecule has 0 aliphatic carbocycles. The van der Waals surface area contributed by atoms with Crippen LogP contribution in [0, 0.1) is 29.1 Å². The second kappa shape index (κ2) is 6.70. The molecule has 1 aliphatic rings. The molecule has 1 saturated heterocycles. The first-order valence-corrected chi connectivity index (χ1v) is 7.51. The third-order valence-electron chi connectivity index (χ3n) is 4.09. The third kappa shape index (κ3) is 3.29. The van der Waals surface area contributed by atoms with Crippen molar-refractivity contribution < 1.29 is 26.7 Å². The van der Waals surface area contributed by atoms with Gasteiger partial charge in [0.1, 0.15) is 0 Å². The fourth-order valence-electron chi connectivity index (χ4n) is 2.72. The average molecular weight is 356 g/mol. The van der Waals surface area contributed by atoms with Gasteiger partial charge < -0.3 is 9.80 Å². The van der Waals surface area contributed by atoms with E-state index in [4.69, 9.17) is 0 Å². The molecule has 0 spiro atoms. The van der Waals surface area contributed by atoms with Crippen LogP contribution in [0.1, 0.15) is 10.4 Å². The summed E-state index contributed by atoms with van der Waals surface area (Å²) in [5.74, 6) is -6.74. The lowest BCUT2D eigenvalue weighted by Gasteiger charge is -2.36. The highest BCUT2D eigenvalue weighted by atomic mass is 19.2. The standard InChI is InChI=1S/C17H13F5N2O/c18-11-2-1-10(9-13(11)20)17(25)24-7-5-23(6-8-24)14-4-3-12(19)15(21)16(14)22/h1-4,9H,5-8H2. The number of hydrogen-bond donors (Lipinski definition) is 0. The van der Waals surface area contributed by atoms with Crippen molar-refractivity contribution in [3.63, 3.8) is 0 Å². The van der Waals surface area contributed by atoms with Gasteiger partial charge in [-0.15, -0.1) is 0 Å². The molecule has 3 rings (SSSR count). The molecule has 2 aromatic carbocycles. The van der Waals surface area contributed by atoms with Crippen LogP contribution in [0.4, 0.5) is 27.6 Å². The molecular formula is C17H13F5N2O. The van der Waals surface area contributed by atoms with Gasteiger partial charge in [-0.2, -0.15) is 0 Å². The van der Waals surface area contributed by atoms with Crippen LogP contribution in [0.25, 0.3) is 0 Å². The predicted octanol–water partition coefficient (Wildman–Crippen LogP) is 3.34. The maximum Gasteiger partial charge on any atom is 0.254 e. The fourth-order valence-corrected chi connectivity index (χ4v) is 2.72. The van der Waals surface area contributed by atoms with Crippen LogP contribution < -0.4 is 4.90 Å². The maximum absolute atomic E-state index is 13.8. The summed E-state index contributed by atoms with van der Waals surface area (Å²) < 4.78 is 66.4. The third-order valence-corrected chi connectivity index (χ3v) is 4.09. The molecule has 1 fully saturated rings. The number of amides is 1. The second-order valence-corrected chi connectivity index (χ2v) is 5.60. The van der Waals surface area contributed by atoms with E-state index in [0.29, 0.717) is 0 Å². The molecule has 1 heterocycles. The Hall–Kier alpha value is -2.64. The fraction of sp³-hybridized carbons (Fsp3) is 0.235. The number of nitrogens with zero attached hydrogens (tertiary/aromatic N) is 2. The van der Waals surface area contributed by atoms with Crippen molar-refractivity contribution in [3.8, 4) is 0 Å². The summed E-state index contributed by atoms with van der Waals surface area (Å²) in [4.78, 5) is 15.2. The molecule has 0 saturated carbocycles. The maximum atomic E-state index is 13.8. The number of carbonyl (C=O) groups excluding carboxylic acids is 1. The number of benzene rings is 2. The summed E-state index contributed by atoms with van der Waals surface area (Å²) in [7, 11) is 0. The van der Waals surface area contributed by atoms with Crippen LogP contribution in [0.2, 0.25) is 0 Å². The van der Waals surface area contributed by atoms with Crippen LogP contribution in [0.5, 0.6) is 0 Å². The van der Waals surface area contributed by atoms with E-state index in [1.54, 1.807) is 0 Å². The van der Waals surface area contributed by atoms with E-state index >= 15 is 0 Å². The number of anilines is 1. The lowest BCUT2D eigenvalue weighted by molar-refractivity contribution is 0.0746. The minimum atomic E-state index is -1.54. The quantitative estimate of drug-likeness (QED) is 0.609. The van der Waals surface area contributed by atoms with Crippen molar-refractivity contribution in [2.75, 3.05) is 31.1 Å². The molecule has 0 atom stereocenters. The van der Waals surface area contributed by atoms with Crippen LogP contribution in [-0.4, -0.2) is 37.0 Å². The molecule has 0 N–H and O–H groups in total. The zero-order valence-electron chi connectivity index (χ0n) is 12.9. The van der Waals surface area contributed by atoms with Crippen LogP contribution >= 0.6 is 0 Å². The zero-order valence-corrected chi connectivity index (χ0v) is 12.9. The lowest BCUT2D eigenvalue weighted by atomic mass is 10.1. The van der Waals surface area contributed by atoms with Gasteiger partial charge in [0.05, 0.1) is 5.69 Å². The molecule has 25 heavy (non-hydrogen) atoms. The van der Waals surface area contributed by atoms with Gasteiger partial charge in [0.15, 0.2) is 29.1 Å². The van der Waals surface area contributed by atoms with Gasteiger partial charge in [-0.25, -0.2) is 22.0 Å². The van der Waals surface area contributed by atoms with E-state index < -0.39 is 35.0 Å². The summed E-state index contributed by atoms with van der Waals surface area (Å²) in [5, 5.41) is 0. The molecule has 2 aromatic rings. The van der Waals surface area contributed by atoms with Crippen LogP contribution in [0.15, 0.2) is 30.3 Å².